The molecular formula is C15H22N6O. The minimum atomic E-state index is -0.229. The number of nitrogens with zero attached hydrogens (tertiary/aromatic N) is 4. The van der Waals surface area contributed by atoms with Gasteiger partial charge in [-0.1, -0.05) is 0 Å². The Morgan fingerprint density at radius 1 is 1.32 bits per heavy atom. The Labute approximate surface area is 130 Å². The van der Waals surface area contributed by atoms with E-state index >= 15 is 0 Å². The number of hydrogen-bond acceptors (Lipinski definition) is 5. The highest BCUT2D eigenvalue weighted by Gasteiger charge is 2.25. The van der Waals surface area contributed by atoms with Crippen LogP contribution in [-0.4, -0.2) is 45.6 Å². The van der Waals surface area contributed by atoms with Crippen LogP contribution < -0.4 is 10.6 Å². The molecule has 0 unspecified atom stereocenters. The lowest BCUT2D eigenvalue weighted by Crippen LogP contribution is -2.51. The highest BCUT2D eigenvalue weighted by molar-refractivity contribution is 5.75. The summed E-state index contributed by atoms with van der Waals surface area (Å²) >= 11 is 0. The molecule has 1 aliphatic rings. The molecule has 0 bridgehead atoms. The molecule has 0 spiro atoms. The van der Waals surface area contributed by atoms with Gasteiger partial charge in [-0.05, 0) is 33.6 Å². The van der Waals surface area contributed by atoms with Gasteiger partial charge >= 0.3 is 6.03 Å². The first-order valence-corrected chi connectivity index (χ1v) is 7.44. The molecule has 0 aliphatic carbocycles. The van der Waals surface area contributed by atoms with Crippen molar-refractivity contribution < 1.29 is 4.79 Å². The van der Waals surface area contributed by atoms with E-state index in [0.29, 0.717) is 24.6 Å². The zero-order valence-corrected chi connectivity index (χ0v) is 13.3. The van der Waals surface area contributed by atoms with Gasteiger partial charge in [-0.15, -0.1) is 0 Å². The van der Waals surface area contributed by atoms with Crippen LogP contribution in [0.25, 0.3) is 0 Å². The van der Waals surface area contributed by atoms with Crippen LogP contribution >= 0.6 is 0 Å². The summed E-state index contributed by atoms with van der Waals surface area (Å²) < 4.78 is 0. The van der Waals surface area contributed by atoms with Crippen LogP contribution in [-0.2, 0) is 0 Å². The second-order valence-corrected chi connectivity index (χ2v) is 6.45. The van der Waals surface area contributed by atoms with Crippen LogP contribution in [0.15, 0.2) is 12.4 Å². The van der Waals surface area contributed by atoms with Crippen LogP contribution in [0.2, 0.25) is 0 Å². The molecule has 2 amide bonds. The number of nitriles is 1. The number of carbonyl (C=O) groups is 1. The standard InChI is InChI=1S/C15H22N6O/c1-15(2,3)20-14(22)21-8-4-11(5-9-21)19-13-12(10-16)17-6-7-18-13/h6-7,11H,4-5,8-9H2,1-3H3,(H,18,19)(H,20,22). The van der Waals surface area contributed by atoms with E-state index in [2.05, 4.69) is 20.6 Å². The van der Waals surface area contributed by atoms with Crippen LogP contribution in [0.4, 0.5) is 10.6 Å². The Kier molecular flexibility index (Phi) is 4.81. The fourth-order valence-electron chi connectivity index (χ4n) is 2.35. The van der Waals surface area contributed by atoms with Crippen LogP contribution in [0.3, 0.4) is 0 Å². The summed E-state index contributed by atoms with van der Waals surface area (Å²) in [5.41, 5.74) is 0.0726. The number of rotatable bonds is 2. The molecule has 118 valence electrons. The van der Waals surface area contributed by atoms with Gasteiger partial charge < -0.3 is 15.5 Å². The maximum Gasteiger partial charge on any atom is 0.317 e. The van der Waals surface area contributed by atoms with E-state index in [1.54, 1.807) is 6.20 Å². The molecule has 2 N–H and O–H groups in total. The van der Waals surface area contributed by atoms with Gasteiger partial charge in [-0.25, -0.2) is 14.8 Å². The average Bonchev–Trinajstić information content (AvgIpc) is 2.47. The Bertz CT molecular complexity index is 566. The van der Waals surface area contributed by atoms with Crippen LogP contribution in [0.5, 0.6) is 0 Å². The van der Waals surface area contributed by atoms with Crippen LogP contribution in [0.1, 0.15) is 39.3 Å². The second-order valence-electron chi connectivity index (χ2n) is 6.45. The fraction of sp³-hybridized carbons (Fsp3) is 0.600. The van der Waals surface area contributed by atoms with Gasteiger partial charge in [0.15, 0.2) is 11.5 Å². The molecule has 1 saturated heterocycles. The smallest absolute Gasteiger partial charge is 0.317 e. The summed E-state index contributed by atoms with van der Waals surface area (Å²) in [6, 6.07) is 2.20. The summed E-state index contributed by atoms with van der Waals surface area (Å²) in [6.45, 7) is 7.27. The number of amides is 2. The van der Waals surface area contributed by atoms with Crippen molar-refractivity contribution in [2.24, 2.45) is 0 Å². The second kappa shape index (κ2) is 6.60. The molecule has 2 heterocycles. The van der Waals surface area contributed by atoms with Crippen LogP contribution in [0, 0.1) is 11.3 Å². The predicted octanol–water partition coefficient (Wildman–Crippen LogP) is 1.73. The quantitative estimate of drug-likeness (QED) is 0.867. The lowest BCUT2D eigenvalue weighted by Gasteiger charge is -2.34. The third-order valence-corrected chi connectivity index (χ3v) is 3.41. The number of anilines is 1. The molecule has 1 fully saturated rings. The number of aromatic nitrogens is 2. The fourth-order valence-corrected chi connectivity index (χ4v) is 2.35. The summed E-state index contributed by atoms with van der Waals surface area (Å²) in [5.74, 6) is 0.516. The molecule has 1 aromatic heterocycles. The van der Waals surface area contributed by atoms with Crippen molar-refractivity contribution in [2.45, 2.75) is 45.2 Å². The third kappa shape index (κ3) is 4.32. The predicted molar refractivity (Wildman–Crippen MR) is 83.2 cm³/mol. The number of nitrogens with one attached hydrogen (secondary N) is 2. The topological polar surface area (TPSA) is 93.9 Å². The van der Waals surface area contributed by atoms with Crippen molar-refractivity contribution in [2.75, 3.05) is 18.4 Å². The lowest BCUT2D eigenvalue weighted by molar-refractivity contribution is 0.175. The summed E-state index contributed by atoms with van der Waals surface area (Å²) in [5, 5.41) is 15.2. The molecular weight excluding hydrogens is 280 g/mol. The number of hydrogen-bond donors (Lipinski definition) is 2. The molecule has 0 atom stereocenters. The number of carbonyl (C=O) groups excluding carboxylic acids is 1. The number of urea groups is 1. The zero-order valence-electron chi connectivity index (χ0n) is 13.3. The third-order valence-electron chi connectivity index (χ3n) is 3.41. The van der Waals surface area contributed by atoms with Crippen molar-refractivity contribution in [3.63, 3.8) is 0 Å². The maximum absolute atomic E-state index is 12.1. The highest BCUT2D eigenvalue weighted by atomic mass is 16.2. The van der Waals surface area contributed by atoms with E-state index in [-0.39, 0.29) is 17.6 Å². The van der Waals surface area contributed by atoms with E-state index in [9.17, 15) is 4.79 Å². The van der Waals surface area contributed by atoms with Gasteiger partial charge in [0, 0.05) is 37.1 Å². The van der Waals surface area contributed by atoms with E-state index < -0.39 is 0 Å². The monoisotopic (exact) mass is 302 g/mol. The van der Waals surface area contributed by atoms with Gasteiger partial charge in [0.2, 0.25) is 0 Å². The molecule has 1 aromatic rings. The van der Waals surface area contributed by atoms with Gasteiger partial charge in [0.25, 0.3) is 0 Å². The maximum atomic E-state index is 12.1. The summed E-state index contributed by atoms with van der Waals surface area (Å²) in [6.07, 6.45) is 4.70. The molecule has 0 radical (unpaired) electrons. The normalized spacial score (nSPS) is 16.0. The van der Waals surface area contributed by atoms with E-state index in [1.165, 1.54) is 6.20 Å². The molecule has 1 aliphatic heterocycles. The van der Waals surface area contributed by atoms with Crippen molar-refractivity contribution in [1.82, 2.24) is 20.2 Å². The average molecular weight is 302 g/mol. The molecule has 0 saturated carbocycles. The van der Waals surface area contributed by atoms with E-state index in [4.69, 9.17) is 5.26 Å². The van der Waals surface area contributed by atoms with E-state index in [0.717, 1.165) is 12.8 Å². The Hall–Kier alpha value is -2.36. The molecule has 2 rings (SSSR count). The van der Waals surface area contributed by atoms with E-state index in [1.807, 2.05) is 31.7 Å². The Morgan fingerprint density at radius 3 is 2.55 bits per heavy atom. The highest BCUT2D eigenvalue weighted by Crippen LogP contribution is 2.17. The van der Waals surface area contributed by atoms with Gasteiger partial charge in [0.05, 0.1) is 0 Å². The first-order chi connectivity index (χ1) is 10.4. The van der Waals surface area contributed by atoms with Gasteiger partial charge in [-0.3, -0.25) is 0 Å². The molecule has 7 nitrogen and oxygen atoms in total. The van der Waals surface area contributed by atoms with Gasteiger partial charge in [-0.2, -0.15) is 5.26 Å². The summed E-state index contributed by atoms with van der Waals surface area (Å²) in [7, 11) is 0. The molecule has 22 heavy (non-hydrogen) atoms. The summed E-state index contributed by atoms with van der Waals surface area (Å²) in [4.78, 5) is 22.1. The Morgan fingerprint density at radius 2 is 1.95 bits per heavy atom. The minimum Gasteiger partial charge on any atom is -0.365 e. The SMILES string of the molecule is CC(C)(C)NC(=O)N1CCC(Nc2nccnc2C#N)CC1. The minimum absolute atomic E-state index is 0.0248. The largest absolute Gasteiger partial charge is 0.365 e. The molecule has 7 heteroatoms. The van der Waals surface area contributed by atoms with Crippen molar-refractivity contribution in [1.29, 1.82) is 5.26 Å². The number of likely N-dealkylation sites (tertiary alicyclic amines) is 1. The first kappa shape index (κ1) is 16.0. The Balaban J connectivity index is 1.88. The zero-order chi connectivity index (χ0) is 16.2. The number of piperidine rings is 1. The first-order valence-electron chi connectivity index (χ1n) is 7.44. The van der Waals surface area contributed by atoms with Crippen molar-refractivity contribution >= 4 is 11.8 Å². The molecule has 0 aromatic carbocycles. The lowest BCUT2D eigenvalue weighted by atomic mass is 10.0. The van der Waals surface area contributed by atoms with Crippen molar-refractivity contribution in [3.05, 3.63) is 18.1 Å². The van der Waals surface area contributed by atoms with Gasteiger partial charge in [0.1, 0.15) is 6.07 Å². The van der Waals surface area contributed by atoms with Crippen molar-refractivity contribution in [3.8, 4) is 6.07 Å².